The molecule has 12 nitrogen and oxygen atoms in total. The number of nitrogens with zero attached hydrogens (tertiary/aromatic N) is 3. The van der Waals surface area contributed by atoms with Crippen molar-refractivity contribution < 1.29 is 34.2 Å². The normalized spacial score (nSPS) is 21.3. The molecule has 1 fully saturated rings. The first kappa shape index (κ1) is 20.9. The van der Waals surface area contributed by atoms with E-state index < -0.39 is 35.2 Å². The molecule has 5 N–H and O–H groups in total. The average molecular weight is 488 g/mol. The van der Waals surface area contributed by atoms with Gasteiger partial charge in [0.25, 0.3) is 0 Å². The third kappa shape index (κ3) is 3.99. The molecule has 3 rings (SSSR count). The molecule has 0 unspecified atom stereocenters. The van der Waals surface area contributed by atoms with E-state index in [4.69, 9.17) is 15.7 Å². The molecule has 3 heterocycles. The second-order valence-electron chi connectivity index (χ2n) is 5.92. The van der Waals surface area contributed by atoms with Crippen LogP contribution in [-0.4, -0.2) is 87.9 Å². The Morgan fingerprint density at radius 3 is 2.79 bits per heavy atom. The van der Waals surface area contributed by atoms with Gasteiger partial charge in [0.1, 0.15) is 0 Å². The van der Waals surface area contributed by atoms with Crippen LogP contribution in [0.1, 0.15) is 12.6 Å². The summed E-state index contributed by atoms with van der Waals surface area (Å²) in [6.07, 6.45) is 0. The molecule has 1 aromatic heterocycles. The van der Waals surface area contributed by atoms with Crippen molar-refractivity contribution in [3.8, 4) is 0 Å². The number of carbonyl (C=O) groups excluding carboxylic acids is 3. The summed E-state index contributed by atoms with van der Waals surface area (Å²) in [5, 5.41) is 23.4. The minimum absolute atomic E-state index is 0.109. The molecule has 0 aromatic carbocycles. The number of β-lactam (4-membered cyclic amide) rings is 1. The summed E-state index contributed by atoms with van der Waals surface area (Å²) in [7, 11) is 0. The number of ether oxygens (including phenoxy) is 1. The Hall–Kier alpha value is -2.83. The Balaban J connectivity index is 1.76. The van der Waals surface area contributed by atoms with Gasteiger partial charge in [-0.3, -0.25) is 4.79 Å². The summed E-state index contributed by atoms with van der Waals surface area (Å²) in [5.74, 6) is -3.19. The fraction of sp³-hybridized carbons (Fsp3) is 0.333. The number of oxime groups is 1. The Bertz CT molecular complexity index is 959. The number of amides is 2. The first-order valence-corrected chi connectivity index (χ1v) is 10.9. The first-order chi connectivity index (χ1) is 13.7. The minimum atomic E-state index is -1.34. The molecule has 2 atom stereocenters. The molecule has 0 bridgehead atoms. The van der Waals surface area contributed by atoms with Crippen molar-refractivity contribution in [3.63, 3.8) is 0 Å². The number of fused-ring (bicyclic) bond motifs is 1. The number of esters is 1. The van der Waals surface area contributed by atoms with Gasteiger partial charge in [-0.1, -0.05) is 0 Å². The number of hydrogen-bond acceptors (Lipinski definition) is 10. The number of aromatic nitrogens is 1. The van der Waals surface area contributed by atoms with Gasteiger partial charge in [0.05, 0.1) is 0 Å². The monoisotopic (exact) mass is 489 g/mol. The molecule has 1 aromatic rings. The van der Waals surface area contributed by atoms with Gasteiger partial charge in [0.2, 0.25) is 0 Å². The van der Waals surface area contributed by atoms with Gasteiger partial charge in [-0.25, -0.2) is 0 Å². The summed E-state index contributed by atoms with van der Waals surface area (Å²) in [5.41, 5.74) is 5.31. The van der Waals surface area contributed by atoms with Gasteiger partial charge < -0.3 is 0 Å². The van der Waals surface area contributed by atoms with Crippen LogP contribution in [0.15, 0.2) is 21.4 Å². The average Bonchev–Trinajstić information content (AvgIpc) is 3.09. The van der Waals surface area contributed by atoms with Crippen molar-refractivity contribution in [1.29, 1.82) is 0 Å². The van der Waals surface area contributed by atoms with E-state index in [1.54, 1.807) is 4.94 Å². The number of hydrogen-bond donors (Lipinski definition) is 4. The summed E-state index contributed by atoms with van der Waals surface area (Å²) in [4.78, 5) is 54.2. The molecular weight excluding hydrogens is 473 g/mol. The van der Waals surface area contributed by atoms with E-state index >= 15 is 0 Å². The molecule has 2 aliphatic heterocycles. The van der Waals surface area contributed by atoms with Crippen LogP contribution in [0.5, 0.6) is 0 Å². The summed E-state index contributed by atoms with van der Waals surface area (Å²) < 4.78 is 5.17. The SMILES string of the molecule is CC(=O)OCC1=C(C(=O)O)N2C(=O)[C@@H](NC(=O)C(=NO)c3c[se]c(N)n3)[C@H]2SC1. The second kappa shape index (κ2) is 8.27. The predicted molar refractivity (Wildman–Crippen MR) is 100 cm³/mol. The molecule has 0 spiro atoms. The van der Waals surface area contributed by atoms with E-state index in [0.29, 0.717) is 4.69 Å². The van der Waals surface area contributed by atoms with Crippen molar-refractivity contribution >= 4 is 60.4 Å². The fourth-order valence-electron chi connectivity index (χ4n) is 2.80. The van der Waals surface area contributed by atoms with Gasteiger partial charge in [0, 0.05) is 6.92 Å². The van der Waals surface area contributed by atoms with Crippen LogP contribution in [0.4, 0.5) is 4.69 Å². The van der Waals surface area contributed by atoms with Gasteiger partial charge in [0.15, 0.2) is 0 Å². The Morgan fingerprint density at radius 2 is 2.24 bits per heavy atom. The molecule has 0 aliphatic carbocycles. The number of nitrogens with two attached hydrogens (primary N) is 1. The molecule has 14 heteroatoms. The molecule has 29 heavy (non-hydrogen) atoms. The number of carboxylic acids is 1. The molecule has 1 saturated heterocycles. The number of aliphatic carboxylic acids is 1. The molecule has 0 radical (unpaired) electrons. The molecule has 2 aliphatic rings. The summed E-state index contributed by atoms with van der Waals surface area (Å²) in [6.45, 7) is 0.952. The van der Waals surface area contributed by atoms with Crippen molar-refractivity contribution in [2.24, 2.45) is 5.16 Å². The van der Waals surface area contributed by atoms with Gasteiger partial charge >= 0.3 is 162 Å². The zero-order valence-corrected chi connectivity index (χ0v) is 17.3. The van der Waals surface area contributed by atoms with Crippen LogP contribution in [0.3, 0.4) is 0 Å². The Kier molecular flexibility index (Phi) is 5.96. The Labute approximate surface area is 173 Å². The zero-order chi connectivity index (χ0) is 21.3. The van der Waals surface area contributed by atoms with Crippen LogP contribution in [0, 0.1) is 0 Å². The van der Waals surface area contributed by atoms with E-state index in [1.165, 1.54) is 18.7 Å². The summed E-state index contributed by atoms with van der Waals surface area (Å²) in [6, 6.07) is -1.01. The van der Waals surface area contributed by atoms with Crippen LogP contribution in [-0.2, 0) is 23.9 Å². The number of carbonyl (C=O) groups is 4. The van der Waals surface area contributed by atoms with Crippen molar-refractivity contribution in [3.05, 3.63) is 21.9 Å². The second-order valence-corrected chi connectivity index (χ2v) is 8.89. The van der Waals surface area contributed by atoms with Crippen molar-refractivity contribution in [2.45, 2.75) is 18.3 Å². The van der Waals surface area contributed by atoms with Crippen LogP contribution in [0.2, 0.25) is 0 Å². The van der Waals surface area contributed by atoms with Crippen molar-refractivity contribution in [2.75, 3.05) is 18.1 Å². The van der Waals surface area contributed by atoms with E-state index in [9.17, 15) is 24.3 Å². The molecular formula is C15H15N5O7SSe. The van der Waals surface area contributed by atoms with Crippen LogP contribution < -0.4 is 11.1 Å². The van der Waals surface area contributed by atoms with Crippen LogP contribution in [0.25, 0.3) is 0 Å². The molecule has 154 valence electrons. The molecule has 0 saturated carbocycles. The standard InChI is InChI=1S/C15H15N5O7SSe/c1-5(21)27-2-6-3-28-13-9(12(23)20(13)10(6)14(24)25)18-11(22)8(19-26)7-4-29-15(16)17-7/h4,9,13,26H,2-3H2,1H3,(H2,16,17)(H,18,22)(H,24,25)/t9-,13-/m1/s1. The summed E-state index contributed by atoms with van der Waals surface area (Å²) >= 11 is 0.960. The number of nitrogens with one attached hydrogen (secondary N) is 1. The number of carboxylic acid groups (broad SMARTS) is 1. The maximum absolute atomic E-state index is 12.5. The van der Waals surface area contributed by atoms with E-state index in [-0.39, 0.29) is 49.5 Å². The number of nitrogen functional groups attached to an aromatic ring is 1. The van der Waals surface area contributed by atoms with E-state index in [2.05, 4.69) is 15.5 Å². The number of anilines is 1. The van der Waals surface area contributed by atoms with Gasteiger partial charge in [-0.2, -0.15) is 0 Å². The third-order valence-corrected chi connectivity index (χ3v) is 6.82. The fourth-order valence-corrected chi connectivity index (χ4v) is 5.28. The quantitative estimate of drug-likeness (QED) is 0.0890. The topological polar surface area (TPSA) is 185 Å². The maximum atomic E-state index is 12.5. The van der Waals surface area contributed by atoms with Gasteiger partial charge in [-0.05, 0) is 0 Å². The van der Waals surface area contributed by atoms with E-state index in [0.717, 1.165) is 4.90 Å². The molecule has 2 amide bonds. The van der Waals surface area contributed by atoms with Crippen molar-refractivity contribution in [1.82, 2.24) is 15.2 Å². The zero-order valence-electron chi connectivity index (χ0n) is 14.8. The number of thioether (sulfide) groups is 1. The number of rotatable bonds is 6. The van der Waals surface area contributed by atoms with Gasteiger partial charge in [-0.15, -0.1) is 0 Å². The van der Waals surface area contributed by atoms with Crippen LogP contribution >= 0.6 is 11.8 Å². The van der Waals surface area contributed by atoms with E-state index in [1.807, 2.05) is 0 Å². The predicted octanol–water partition coefficient (Wildman–Crippen LogP) is -1.80. The Morgan fingerprint density at radius 1 is 1.52 bits per heavy atom. The third-order valence-electron chi connectivity index (χ3n) is 4.07. The first-order valence-electron chi connectivity index (χ1n) is 8.02.